The summed E-state index contributed by atoms with van der Waals surface area (Å²) < 4.78 is 10.2. The highest BCUT2D eigenvalue weighted by molar-refractivity contribution is 9.10. The number of halogens is 1. The molecule has 1 aromatic carbocycles. The molecule has 0 amide bonds. The number of esters is 2. The van der Waals surface area contributed by atoms with Crippen LogP contribution in [0.25, 0.3) is 0 Å². The Labute approximate surface area is 166 Å². The number of benzene rings is 1. The maximum atomic E-state index is 12.7. The lowest BCUT2D eigenvalue weighted by Gasteiger charge is -2.23. The topological polar surface area (TPSA) is 74.6 Å². The summed E-state index contributed by atoms with van der Waals surface area (Å²) in [5.41, 5.74) is 1.04. The van der Waals surface area contributed by atoms with Crippen LogP contribution in [0.2, 0.25) is 0 Å². The van der Waals surface area contributed by atoms with Crippen LogP contribution in [0.5, 0.6) is 0 Å². The van der Waals surface area contributed by atoms with E-state index in [1.807, 2.05) is 6.07 Å². The number of hydrogen-bond acceptors (Lipinski definition) is 5. The highest BCUT2D eigenvalue weighted by Gasteiger charge is 2.46. The predicted molar refractivity (Wildman–Crippen MR) is 104 cm³/mol. The molecule has 0 aliphatic carbocycles. The molecule has 0 saturated heterocycles. The summed E-state index contributed by atoms with van der Waals surface area (Å²) in [4.78, 5) is 37.4. The molecule has 1 aromatic heterocycles. The Morgan fingerprint density at radius 2 is 1.56 bits per heavy atom. The van der Waals surface area contributed by atoms with E-state index in [0.29, 0.717) is 11.3 Å². The molecule has 0 aliphatic rings. The number of ether oxygens (including phenoxy) is 2. The Kier molecular flexibility index (Phi) is 7.36. The molecule has 0 atom stereocenters. The van der Waals surface area contributed by atoms with E-state index in [0.717, 1.165) is 0 Å². The number of aryl methyl sites for hydroxylation is 1. The van der Waals surface area contributed by atoms with E-state index in [9.17, 15) is 14.4 Å². The van der Waals surface area contributed by atoms with Crippen LogP contribution in [0.4, 0.5) is 0 Å². The van der Waals surface area contributed by atoms with Crippen molar-refractivity contribution in [3.8, 4) is 0 Å². The SMILES string of the molecule is CCOC(=O)C(Br)(CCn1cccc1C(=O)c1ccccc1)C(=O)OCC. The van der Waals surface area contributed by atoms with Crippen molar-refractivity contribution in [2.45, 2.75) is 31.1 Å². The number of aromatic nitrogens is 1. The molecule has 0 bridgehead atoms. The number of rotatable bonds is 9. The van der Waals surface area contributed by atoms with Gasteiger partial charge in [0.25, 0.3) is 0 Å². The van der Waals surface area contributed by atoms with Crippen molar-refractivity contribution in [3.63, 3.8) is 0 Å². The van der Waals surface area contributed by atoms with Gasteiger partial charge in [-0.05, 0) is 26.0 Å². The van der Waals surface area contributed by atoms with Gasteiger partial charge >= 0.3 is 11.9 Å². The second kappa shape index (κ2) is 9.50. The van der Waals surface area contributed by atoms with Gasteiger partial charge in [-0.3, -0.25) is 4.79 Å². The van der Waals surface area contributed by atoms with Crippen molar-refractivity contribution in [1.29, 1.82) is 0 Å². The Balaban J connectivity index is 2.21. The van der Waals surface area contributed by atoms with Crippen molar-refractivity contribution >= 4 is 33.7 Å². The normalized spacial score (nSPS) is 11.1. The molecule has 0 N–H and O–H groups in total. The van der Waals surface area contributed by atoms with Crippen LogP contribution in [0.3, 0.4) is 0 Å². The van der Waals surface area contributed by atoms with Crippen molar-refractivity contribution in [3.05, 3.63) is 59.9 Å². The molecular formula is C20H22BrNO5. The third-order valence-corrected chi connectivity index (χ3v) is 5.04. The Morgan fingerprint density at radius 3 is 2.11 bits per heavy atom. The Hall–Kier alpha value is -2.41. The van der Waals surface area contributed by atoms with Crippen molar-refractivity contribution in [1.82, 2.24) is 4.57 Å². The number of carbonyl (C=O) groups is 3. The van der Waals surface area contributed by atoms with Gasteiger partial charge < -0.3 is 14.0 Å². The standard InChI is InChI=1S/C20H22BrNO5/c1-3-26-18(24)20(21,19(25)27-4-2)12-14-22-13-8-11-16(22)17(23)15-9-6-5-7-10-15/h5-11,13H,3-4,12,14H2,1-2H3. The summed E-state index contributed by atoms with van der Waals surface area (Å²) in [5, 5.41) is 0. The van der Waals surface area contributed by atoms with Gasteiger partial charge in [-0.25, -0.2) is 9.59 Å². The van der Waals surface area contributed by atoms with Gasteiger partial charge in [-0.15, -0.1) is 0 Å². The smallest absolute Gasteiger partial charge is 0.334 e. The monoisotopic (exact) mass is 435 g/mol. The second-order valence-electron chi connectivity index (χ2n) is 5.77. The van der Waals surface area contributed by atoms with E-state index in [2.05, 4.69) is 15.9 Å². The molecule has 0 radical (unpaired) electrons. The number of alkyl halides is 1. The van der Waals surface area contributed by atoms with E-state index in [1.165, 1.54) is 0 Å². The number of ketones is 1. The zero-order valence-corrected chi connectivity index (χ0v) is 16.9. The van der Waals surface area contributed by atoms with Crippen LogP contribution in [0.1, 0.15) is 36.3 Å². The summed E-state index contributed by atoms with van der Waals surface area (Å²) in [6, 6.07) is 12.4. The Morgan fingerprint density at radius 1 is 0.963 bits per heavy atom. The lowest BCUT2D eigenvalue weighted by Crippen LogP contribution is -2.44. The Bertz CT molecular complexity index is 782. The van der Waals surface area contributed by atoms with Gasteiger partial charge in [0.05, 0.1) is 18.9 Å². The van der Waals surface area contributed by atoms with Crippen molar-refractivity contribution in [2.75, 3.05) is 13.2 Å². The zero-order valence-electron chi connectivity index (χ0n) is 15.3. The van der Waals surface area contributed by atoms with E-state index in [4.69, 9.17) is 9.47 Å². The second-order valence-corrected chi connectivity index (χ2v) is 7.13. The van der Waals surface area contributed by atoms with Gasteiger partial charge in [0.1, 0.15) is 0 Å². The highest BCUT2D eigenvalue weighted by Crippen LogP contribution is 2.28. The van der Waals surface area contributed by atoms with E-state index >= 15 is 0 Å². The minimum Gasteiger partial charge on any atom is -0.465 e. The largest absolute Gasteiger partial charge is 0.465 e. The van der Waals surface area contributed by atoms with E-state index < -0.39 is 16.3 Å². The molecule has 2 aromatic rings. The first-order valence-electron chi connectivity index (χ1n) is 8.72. The minimum absolute atomic E-state index is 0.0778. The molecule has 7 heteroatoms. The van der Waals surface area contributed by atoms with E-state index in [1.54, 1.807) is 61.0 Å². The van der Waals surface area contributed by atoms with Crippen LogP contribution in [-0.4, -0.2) is 39.8 Å². The van der Waals surface area contributed by atoms with Gasteiger partial charge in [0.2, 0.25) is 10.1 Å². The van der Waals surface area contributed by atoms with Crippen LogP contribution >= 0.6 is 15.9 Å². The molecule has 0 aliphatic heterocycles. The van der Waals surface area contributed by atoms with Crippen LogP contribution in [-0.2, 0) is 25.6 Å². The number of hydrogen-bond donors (Lipinski definition) is 0. The minimum atomic E-state index is -1.61. The summed E-state index contributed by atoms with van der Waals surface area (Å²) in [6.07, 6.45) is 1.81. The fourth-order valence-corrected chi connectivity index (χ4v) is 3.01. The fraction of sp³-hybridized carbons (Fsp3) is 0.350. The molecule has 0 saturated carbocycles. The maximum Gasteiger partial charge on any atom is 0.334 e. The molecule has 0 fully saturated rings. The first-order chi connectivity index (χ1) is 12.9. The molecule has 0 spiro atoms. The number of carbonyl (C=O) groups excluding carboxylic acids is 3. The predicted octanol–water partition coefficient (Wildman–Crippen LogP) is 3.37. The molecule has 1 heterocycles. The lowest BCUT2D eigenvalue weighted by atomic mass is 10.0. The highest BCUT2D eigenvalue weighted by atomic mass is 79.9. The summed E-state index contributed by atoms with van der Waals surface area (Å²) in [6.45, 7) is 3.88. The van der Waals surface area contributed by atoms with Crippen LogP contribution in [0.15, 0.2) is 48.7 Å². The molecule has 144 valence electrons. The van der Waals surface area contributed by atoms with Crippen LogP contribution < -0.4 is 0 Å². The van der Waals surface area contributed by atoms with Crippen molar-refractivity contribution < 1.29 is 23.9 Å². The van der Waals surface area contributed by atoms with Crippen LogP contribution in [0, 0.1) is 0 Å². The number of nitrogens with zero attached hydrogens (tertiary/aromatic N) is 1. The van der Waals surface area contributed by atoms with Gasteiger partial charge in [-0.1, -0.05) is 46.3 Å². The maximum absolute atomic E-state index is 12.7. The summed E-state index contributed by atoms with van der Waals surface area (Å²) in [7, 11) is 0. The molecule has 0 unspecified atom stereocenters. The first-order valence-corrected chi connectivity index (χ1v) is 9.51. The lowest BCUT2D eigenvalue weighted by molar-refractivity contribution is -0.158. The average Bonchev–Trinajstić information content (AvgIpc) is 3.15. The summed E-state index contributed by atoms with van der Waals surface area (Å²) >= 11 is 3.22. The third kappa shape index (κ3) is 4.86. The average molecular weight is 436 g/mol. The van der Waals surface area contributed by atoms with Gasteiger partial charge in [0.15, 0.2) is 0 Å². The quantitative estimate of drug-likeness (QED) is 0.261. The molecule has 27 heavy (non-hydrogen) atoms. The molecule has 2 rings (SSSR count). The zero-order chi connectivity index (χ0) is 19.9. The fourth-order valence-electron chi connectivity index (χ4n) is 2.61. The van der Waals surface area contributed by atoms with Crippen molar-refractivity contribution in [2.24, 2.45) is 0 Å². The summed E-state index contributed by atoms with van der Waals surface area (Å²) in [5.74, 6) is -1.54. The first kappa shape index (κ1) is 20.9. The van der Waals surface area contributed by atoms with E-state index in [-0.39, 0.29) is 32.0 Å². The molecular weight excluding hydrogens is 414 g/mol. The van der Waals surface area contributed by atoms with Gasteiger partial charge in [-0.2, -0.15) is 0 Å². The van der Waals surface area contributed by atoms with Gasteiger partial charge in [0, 0.05) is 24.7 Å². The molecule has 6 nitrogen and oxygen atoms in total. The third-order valence-electron chi connectivity index (χ3n) is 3.99.